The topological polar surface area (TPSA) is 55.6 Å². The number of amides is 1. The van der Waals surface area contributed by atoms with Crippen molar-refractivity contribution in [2.45, 2.75) is 12.8 Å². The number of benzene rings is 2. The van der Waals surface area contributed by atoms with Crippen molar-refractivity contribution in [1.82, 2.24) is 9.38 Å². The number of aromatic nitrogens is 2. The van der Waals surface area contributed by atoms with E-state index in [1.807, 2.05) is 58.6 Å². The van der Waals surface area contributed by atoms with Crippen LogP contribution in [0.5, 0.6) is 5.75 Å². The fourth-order valence-electron chi connectivity index (χ4n) is 3.33. The van der Waals surface area contributed by atoms with Gasteiger partial charge in [0.15, 0.2) is 4.96 Å². The van der Waals surface area contributed by atoms with E-state index < -0.39 is 0 Å². The third-order valence-corrected chi connectivity index (χ3v) is 5.45. The standard InChI is InChI=1S/C21H17N3O2S/c25-20(12-14-1-6-19-16(11-14)7-9-26-19)22-17-4-2-15(3-5-17)18-13-24-8-10-27-21(24)23-18/h1-6,8,10-11,13H,7,9,12H2,(H,22,25). The van der Waals surface area contributed by atoms with E-state index in [4.69, 9.17) is 4.74 Å². The summed E-state index contributed by atoms with van der Waals surface area (Å²) in [5, 5.41) is 4.98. The van der Waals surface area contributed by atoms with E-state index in [1.165, 1.54) is 5.56 Å². The predicted molar refractivity (Wildman–Crippen MR) is 106 cm³/mol. The summed E-state index contributed by atoms with van der Waals surface area (Å²) in [5.41, 5.74) is 4.94. The van der Waals surface area contributed by atoms with Crippen molar-refractivity contribution in [2.75, 3.05) is 11.9 Å². The van der Waals surface area contributed by atoms with Crippen LogP contribution in [0.3, 0.4) is 0 Å². The molecular weight excluding hydrogens is 358 g/mol. The third kappa shape index (κ3) is 3.19. The van der Waals surface area contributed by atoms with Gasteiger partial charge in [-0.3, -0.25) is 9.20 Å². The van der Waals surface area contributed by atoms with Crippen molar-refractivity contribution in [3.05, 3.63) is 71.4 Å². The van der Waals surface area contributed by atoms with Crippen LogP contribution in [0.1, 0.15) is 11.1 Å². The van der Waals surface area contributed by atoms with Gasteiger partial charge in [0.2, 0.25) is 5.91 Å². The Balaban J connectivity index is 1.26. The molecule has 0 unspecified atom stereocenters. The number of anilines is 1. The molecule has 0 saturated carbocycles. The first-order valence-electron chi connectivity index (χ1n) is 8.82. The molecule has 1 amide bonds. The highest BCUT2D eigenvalue weighted by molar-refractivity contribution is 7.15. The Morgan fingerprint density at radius 2 is 2.11 bits per heavy atom. The Bertz CT molecular complexity index is 1100. The largest absolute Gasteiger partial charge is 0.493 e. The average molecular weight is 375 g/mol. The molecule has 1 aliphatic heterocycles. The summed E-state index contributed by atoms with van der Waals surface area (Å²) in [4.78, 5) is 17.9. The maximum Gasteiger partial charge on any atom is 0.228 e. The second-order valence-corrected chi connectivity index (χ2v) is 7.43. The van der Waals surface area contributed by atoms with Gasteiger partial charge in [0.1, 0.15) is 5.75 Å². The monoisotopic (exact) mass is 375 g/mol. The highest BCUT2D eigenvalue weighted by Gasteiger charge is 2.13. The van der Waals surface area contributed by atoms with Gasteiger partial charge in [-0.25, -0.2) is 4.98 Å². The summed E-state index contributed by atoms with van der Waals surface area (Å²) in [6.07, 6.45) is 5.28. The predicted octanol–water partition coefficient (Wildman–Crippen LogP) is 4.18. The third-order valence-electron chi connectivity index (χ3n) is 4.68. The van der Waals surface area contributed by atoms with E-state index in [0.717, 1.165) is 46.2 Å². The van der Waals surface area contributed by atoms with Crippen molar-refractivity contribution in [3.63, 3.8) is 0 Å². The van der Waals surface area contributed by atoms with Gasteiger partial charge >= 0.3 is 0 Å². The summed E-state index contributed by atoms with van der Waals surface area (Å²) in [6.45, 7) is 0.728. The number of nitrogens with one attached hydrogen (secondary N) is 1. The van der Waals surface area contributed by atoms with E-state index >= 15 is 0 Å². The molecule has 2 aromatic heterocycles. The zero-order valence-electron chi connectivity index (χ0n) is 14.5. The minimum absolute atomic E-state index is 0.0240. The van der Waals surface area contributed by atoms with Gasteiger partial charge in [-0.05, 0) is 29.3 Å². The van der Waals surface area contributed by atoms with Crippen molar-refractivity contribution >= 4 is 27.9 Å². The lowest BCUT2D eigenvalue weighted by Gasteiger charge is -2.07. The van der Waals surface area contributed by atoms with Gasteiger partial charge in [-0.2, -0.15) is 0 Å². The Kier molecular flexibility index (Phi) is 3.90. The van der Waals surface area contributed by atoms with Crippen LogP contribution in [0, 0.1) is 0 Å². The number of fused-ring (bicyclic) bond motifs is 2. The number of nitrogens with zero attached hydrogens (tertiary/aromatic N) is 2. The molecule has 0 atom stereocenters. The van der Waals surface area contributed by atoms with Gasteiger partial charge < -0.3 is 10.1 Å². The highest BCUT2D eigenvalue weighted by Crippen LogP contribution is 2.26. The van der Waals surface area contributed by atoms with E-state index in [9.17, 15) is 4.79 Å². The lowest BCUT2D eigenvalue weighted by atomic mass is 10.1. The fraction of sp³-hybridized carbons (Fsp3) is 0.143. The smallest absolute Gasteiger partial charge is 0.228 e. The molecule has 0 spiro atoms. The summed E-state index contributed by atoms with van der Waals surface area (Å²) >= 11 is 1.61. The van der Waals surface area contributed by atoms with Crippen LogP contribution in [0.4, 0.5) is 5.69 Å². The number of hydrogen-bond donors (Lipinski definition) is 1. The van der Waals surface area contributed by atoms with Crippen molar-refractivity contribution in [3.8, 4) is 17.0 Å². The van der Waals surface area contributed by atoms with Crippen LogP contribution < -0.4 is 10.1 Å². The quantitative estimate of drug-likeness (QED) is 0.582. The number of carbonyl (C=O) groups excluding carboxylic acids is 1. The van der Waals surface area contributed by atoms with E-state index in [2.05, 4.69) is 16.4 Å². The molecule has 0 radical (unpaired) electrons. The van der Waals surface area contributed by atoms with Crippen molar-refractivity contribution in [2.24, 2.45) is 0 Å². The molecule has 134 valence electrons. The summed E-state index contributed by atoms with van der Waals surface area (Å²) in [7, 11) is 0. The van der Waals surface area contributed by atoms with Crippen LogP contribution in [0.15, 0.2) is 60.2 Å². The lowest BCUT2D eigenvalue weighted by molar-refractivity contribution is -0.115. The van der Waals surface area contributed by atoms with Crippen LogP contribution in [0.2, 0.25) is 0 Å². The molecule has 2 aromatic carbocycles. The van der Waals surface area contributed by atoms with Gasteiger partial charge in [-0.1, -0.05) is 24.3 Å². The first-order valence-corrected chi connectivity index (χ1v) is 9.70. The second kappa shape index (κ2) is 6.55. The molecule has 6 heteroatoms. The van der Waals surface area contributed by atoms with Gasteiger partial charge in [0.05, 0.1) is 18.7 Å². The molecule has 5 nitrogen and oxygen atoms in total. The molecule has 0 aliphatic carbocycles. The number of carbonyl (C=O) groups is 1. The number of hydrogen-bond acceptors (Lipinski definition) is 4. The molecule has 1 aliphatic rings. The number of rotatable bonds is 4. The van der Waals surface area contributed by atoms with Crippen LogP contribution in [-0.4, -0.2) is 21.9 Å². The van der Waals surface area contributed by atoms with E-state index in [0.29, 0.717) is 6.42 Å². The van der Waals surface area contributed by atoms with Gasteiger partial charge in [0, 0.05) is 35.4 Å². The SMILES string of the molecule is O=C(Cc1ccc2c(c1)CCO2)Nc1ccc(-c2cn3ccsc3n2)cc1. The molecular formula is C21H17N3O2S. The minimum Gasteiger partial charge on any atom is -0.493 e. The van der Waals surface area contributed by atoms with Crippen LogP contribution in [0.25, 0.3) is 16.2 Å². The molecule has 5 rings (SSSR count). The van der Waals surface area contributed by atoms with E-state index in [-0.39, 0.29) is 5.91 Å². The summed E-state index contributed by atoms with van der Waals surface area (Å²) in [5.74, 6) is 0.915. The Morgan fingerprint density at radius 1 is 1.22 bits per heavy atom. The normalized spacial score (nSPS) is 12.7. The van der Waals surface area contributed by atoms with Gasteiger partial charge in [-0.15, -0.1) is 11.3 Å². The first kappa shape index (κ1) is 16.1. The number of imidazole rings is 1. The maximum atomic E-state index is 12.4. The average Bonchev–Trinajstić information content (AvgIpc) is 3.37. The molecule has 0 fully saturated rings. The first-order chi connectivity index (χ1) is 13.2. The Hall–Kier alpha value is -3.12. The number of ether oxygens (including phenoxy) is 1. The summed E-state index contributed by atoms with van der Waals surface area (Å²) < 4.78 is 7.52. The lowest BCUT2D eigenvalue weighted by Crippen LogP contribution is -2.14. The van der Waals surface area contributed by atoms with Gasteiger partial charge in [0.25, 0.3) is 0 Å². The van der Waals surface area contributed by atoms with Crippen molar-refractivity contribution in [1.29, 1.82) is 0 Å². The zero-order valence-corrected chi connectivity index (χ0v) is 15.3. The summed E-state index contributed by atoms with van der Waals surface area (Å²) in [6, 6.07) is 13.8. The zero-order chi connectivity index (χ0) is 18.2. The van der Waals surface area contributed by atoms with Crippen LogP contribution in [-0.2, 0) is 17.6 Å². The van der Waals surface area contributed by atoms with E-state index in [1.54, 1.807) is 11.3 Å². The Morgan fingerprint density at radius 3 is 2.96 bits per heavy atom. The molecule has 0 bridgehead atoms. The second-order valence-electron chi connectivity index (χ2n) is 6.56. The highest BCUT2D eigenvalue weighted by atomic mass is 32.1. The van der Waals surface area contributed by atoms with Crippen molar-refractivity contribution < 1.29 is 9.53 Å². The minimum atomic E-state index is -0.0240. The molecule has 0 saturated heterocycles. The Labute approximate surface area is 160 Å². The molecule has 3 heterocycles. The molecule has 1 N–H and O–H groups in total. The molecule has 4 aromatic rings. The fourth-order valence-corrected chi connectivity index (χ4v) is 4.03. The maximum absolute atomic E-state index is 12.4. The molecule has 27 heavy (non-hydrogen) atoms. The number of thiazole rings is 1. The van der Waals surface area contributed by atoms with Crippen LogP contribution >= 0.6 is 11.3 Å².